The molecule has 0 unspecified atom stereocenters. The lowest BCUT2D eigenvalue weighted by molar-refractivity contribution is 0.179. The molecule has 1 saturated carbocycles. The molecule has 0 amide bonds. The van der Waals surface area contributed by atoms with Crippen molar-refractivity contribution in [3.63, 3.8) is 0 Å². The van der Waals surface area contributed by atoms with Gasteiger partial charge in [-0.1, -0.05) is 20.3 Å². The third kappa shape index (κ3) is 3.34. The normalized spacial score (nSPS) is 17.1. The molecule has 0 saturated heterocycles. The van der Waals surface area contributed by atoms with Gasteiger partial charge in [0.05, 0.1) is 6.61 Å². The number of aromatic nitrogens is 2. The predicted octanol–water partition coefficient (Wildman–Crippen LogP) is 3.18. The Labute approximate surface area is 109 Å². The smallest absolute Gasteiger partial charge is 0.226 e. The van der Waals surface area contributed by atoms with E-state index < -0.39 is 0 Å². The van der Waals surface area contributed by atoms with Crippen LogP contribution in [0.5, 0.6) is 5.88 Å². The van der Waals surface area contributed by atoms with Gasteiger partial charge in [-0.2, -0.15) is 4.98 Å². The molecule has 0 spiro atoms. The molecule has 100 valence electrons. The molecule has 4 heteroatoms. The van der Waals surface area contributed by atoms with E-state index in [0.29, 0.717) is 23.9 Å². The van der Waals surface area contributed by atoms with Crippen LogP contribution in [0.3, 0.4) is 0 Å². The number of anilines is 1. The first kappa shape index (κ1) is 13.1. The fraction of sp³-hybridized carbons (Fsp3) is 0.714. The zero-order chi connectivity index (χ0) is 13.0. The summed E-state index contributed by atoms with van der Waals surface area (Å²) in [6.07, 6.45) is 4.93. The summed E-state index contributed by atoms with van der Waals surface area (Å²) in [5.74, 6) is 1.36. The van der Waals surface area contributed by atoms with Crippen molar-refractivity contribution in [2.24, 2.45) is 5.41 Å². The molecule has 0 bridgehead atoms. The van der Waals surface area contributed by atoms with E-state index in [2.05, 4.69) is 29.1 Å². The Kier molecular flexibility index (Phi) is 4.04. The second-order valence-corrected chi connectivity index (χ2v) is 5.54. The Bertz CT molecular complexity index is 402. The van der Waals surface area contributed by atoms with Gasteiger partial charge in [0.1, 0.15) is 0 Å². The van der Waals surface area contributed by atoms with Gasteiger partial charge < -0.3 is 10.1 Å². The molecule has 18 heavy (non-hydrogen) atoms. The molecule has 1 N–H and O–H groups in total. The number of hydrogen-bond acceptors (Lipinski definition) is 4. The third-order valence-corrected chi connectivity index (χ3v) is 3.52. The quantitative estimate of drug-likeness (QED) is 0.841. The summed E-state index contributed by atoms with van der Waals surface area (Å²) in [6, 6.07) is 1.88. The number of rotatable bonds is 6. The second kappa shape index (κ2) is 5.55. The maximum Gasteiger partial charge on any atom is 0.226 e. The van der Waals surface area contributed by atoms with Crippen LogP contribution in [-0.2, 0) is 0 Å². The zero-order valence-electron chi connectivity index (χ0n) is 11.6. The van der Waals surface area contributed by atoms with Gasteiger partial charge in [-0.25, -0.2) is 4.98 Å². The molecule has 1 aliphatic rings. The Morgan fingerprint density at radius 3 is 2.78 bits per heavy atom. The van der Waals surface area contributed by atoms with Gasteiger partial charge in [0, 0.05) is 18.3 Å². The van der Waals surface area contributed by atoms with Crippen molar-refractivity contribution in [3.05, 3.63) is 11.8 Å². The SMILES string of the molecule is CCCOc1cc(C)nc(NCC2(C)CCC2)n1. The minimum absolute atomic E-state index is 0.428. The highest BCUT2D eigenvalue weighted by molar-refractivity contribution is 5.31. The van der Waals surface area contributed by atoms with Gasteiger partial charge in [0.2, 0.25) is 11.8 Å². The van der Waals surface area contributed by atoms with E-state index in [4.69, 9.17) is 4.74 Å². The van der Waals surface area contributed by atoms with Crippen molar-refractivity contribution >= 4 is 5.95 Å². The minimum atomic E-state index is 0.428. The lowest BCUT2D eigenvalue weighted by Gasteiger charge is -2.38. The largest absolute Gasteiger partial charge is 0.478 e. The number of hydrogen-bond donors (Lipinski definition) is 1. The van der Waals surface area contributed by atoms with E-state index in [1.807, 2.05) is 13.0 Å². The van der Waals surface area contributed by atoms with Gasteiger partial charge in [-0.3, -0.25) is 0 Å². The van der Waals surface area contributed by atoms with Crippen LogP contribution in [-0.4, -0.2) is 23.1 Å². The molecule has 0 radical (unpaired) electrons. The minimum Gasteiger partial charge on any atom is -0.478 e. The second-order valence-electron chi connectivity index (χ2n) is 5.54. The van der Waals surface area contributed by atoms with E-state index in [9.17, 15) is 0 Å². The molecule has 1 heterocycles. The lowest BCUT2D eigenvalue weighted by atomic mass is 9.70. The van der Waals surface area contributed by atoms with Crippen molar-refractivity contribution in [2.45, 2.75) is 46.5 Å². The van der Waals surface area contributed by atoms with Gasteiger partial charge >= 0.3 is 0 Å². The molecule has 1 aliphatic carbocycles. The van der Waals surface area contributed by atoms with E-state index in [1.54, 1.807) is 0 Å². The van der Waals surface area contributed by atoms with Crippen LogP contribution in [0, 0.1) is 12.3 Å². The molecule has 1 aromatic rings. The fourth-order valence-electron chi connectivity index (χ4n) is 2.15. The summed E-state index contributed by atoms with van der Waals surface area (Å²) < 4.78 is 5.56. The summed E-state index contributed by atoms with van der Waals surface area (Å²) in [6.45, 7) is 8.02. The average molecular weight is 249 g/mol. The molecular formula is C14H23N3O. The van der Waals surface area contributed by atoms with Gasteiger partial charge in [-0.05, 0) is 31.6 Å². The monoisotopic (exact) mass is 249 g/mol. The fourth-order valence-corrected chi connectivity index (χ4v) is 2.15. The lowest BCUT2D eigenvalue weighted by Crippen LogP contribution is -2.33. The third-order valence-electron chi connectivity index (χ3n) is 3.52. The number of ether oxygens (including phenoxy) is 1. The van der Waals surface area contributed by atoms with Crippen LogP contribution in [0.2, 0.25) is 0 Å². The molecule has 4 nitrogen and oxygen atoms in total. The molecular weight excluding hydrogens is 226 g/mol. The maximum absolute atomic E-state index is 5.56. The van der Waals surface area contributed by atoms with E-state index in [0.717, 1.165) is 18.7 Å². The summed E-state index contributed by atoms with van der Waals surface area (Å²) >= 11 is 0. The highest BCUT2D eigenvalue weighted by Crippen LogP contribution is 2.40. The Balaban J connectivity index is 1.96. The molecule has 0 atom stereocenters. The highest BCUT2D eigenvalue weighted by atomic mass is 16.5. The van der Waals surface area contributed by atoms with E-state index in [-0.39, 0.29) is 0 Å². The average Bonchev–Trinajstić information content (AvgIpc) is 2.31. The standard InChI is InChI=1S/C14H23N3O/c1-4-8-18-12-9-11(2)16-13(17-12)15-10-14(3)6-5-7-14/h9H,4-8,10H2,1-3H3,(H,15,16,17). The van der Waals surface area contributed by atoms with Gasteiger partial charge in [0.15, 0.2) is 0 Å². The van der Waals surface area contributed by atoms with Crippen LogP contribution in [0.25, 0.3) is 0 Å². The van der Waals surface area contributed by atoms with Crippen molar-refractivity contribution in [1.82, 2.24) is 9.97 Å². The zero-order valence-corrected chi connectivity index (χ0v) is 11.6. The highest BCUT2D eigenvalue weighted by Gasteiger charge is 2.31. The molecule has 1 aromatic heterocycles. The first-order valence-corrected chi connectivity index (χ1v) is 6.84. The molecule has 2 rings (SSSR count). The van der Waals surface area contributed by atoms with Crippen molar-refractivity contribution in [3.8, 4) is 5.88 Å². The summed E-state index contributed by atoms with van der Waals surface area (Å²) in [7, 11) is 0. The van der Waals surface area contributed by atoms with Crippen LogP contribution in [0.4, 0.5) is 5.95 Å². The van der Waals surface area contributed by atoms with Gasteiger partial charge in [-0.15, -0.1) is 0 Å². The summed E-state index contributed by atoms with van der Waals surface area (Å²) in [5, 5.41) is 3.34. The number of nitrogens with one attached hydrogen (secondary N) is 1. The molecule has 0 aromatic carbocycles. The van der Waals surface area contributed by atoms with Crippen LogP contribution in [0.1, 0.15) is 45.2 Å². The first-order chi connectivity index (χ1) is 8.61. The summed E-state index contributed by atoms with van der Waals surface area (Å²) in [5.41, 5.74) is 1.37. The first-order valence-electron chi connectivity index (χ1n) is 6.84. The molecule has 1 fully saturated rings. The summed E-state index contributed by atoms with van der Waals surface area (Å²) in [4.78, 5) is 8.79. The Morgan fingerprint density at radius 1 is 1.39 bits per heavy atom. The van der Waals surface area contributed by atoms with Crippen LogP contribution < -0.4 is 10.1 Å². The van der Waals surface area contributed by atoms with Crippen molar-refractivity contribution in [2.75, 3.05) is 18.5 Å². The number of nitrogens with zero attached hydrogens (tertiary/aromatic N) is 2. The Morgan fingerprint density at radius 2 is 2.17 bits per heavy atom. The maximum atomic E-state index is 5.56. The van der Waals surface area contributed by atoms with Crippen molar-refractivity contribution < 1.29 is 4.74 Å². The van der Waals surface area contributed by atoms with E-state index >= 15 is 0 Å². The van der Waals surface area contributed by atoms with Gasteiger partial charge in [0.25, 0.3) is 0 Å². The predicted molar refractivity (Wildman–Crippen MR) is 73.0 cm³/mol. The van der Waals surface area contributed by atoms with Crippen LogP contribution in [0.15, 0.2) is 6.07 Å². The Hall–Kier alpha value is -1.32. The van der Waals surface area contributed by atoms with E-state index in [1.165, 1.54) is 19.3 Å². The van der Waals surface area contributed by atoms with Crippen molar-refractivity contribution in [1.29, 1.82) is 0 Å². The number of aryl methyl sites for hydroxylation is 1. The molecule has 0 aliphatic heterocycles. The van der Waals surface area contributed by atoms with Crippen LogP contribution >= 0.6 is 0 Å². The topological polar surface area (TPSA) is 47.0 Å².